The number of hydrogen-bond acceptors (Lipinski definition) is 2. The molecule has 0 bridgehead atoms. The Labute approximate surface area is 135 Å². The number of nitrogens with one attached hydrogen (secondary N) is 1. The van der Waals surface area contributed by atoms with Crippen molar-refractivity contribution in [2.24, 2.45) is 5.73 Å². The number of halogens is 4. The summed E-state index contributed by atoms with van der Waals surface area (Å²) >= 11 is 22.5. The van der Waals surface area contributed by atoms with Crippen LogP contribution in [-0.4, -0.2) is 4.99 Å². The predicted molar refractivity (Wildman–Crippen MR) is 87.0 cm³/mol. The summed E-state index contributed by atoms with van der Waals surface area (Å²) in [6, 6.07) is 7.47. The van der Waals surface area contributed by atoms with Gasteiger partial charge in [-0.3, -0.25) is 0 Å². The number of rotatable bonds is 3. The molecule has 2 aromatic rings. The van der Waals surface area contributed by atoms with Crippen molar-refractivity contribution in [1.29, 1.82) is 0 Å². The summed E-state index contributed by atoms with van der Waals surface area (Å²) in [6.45, 7) is 0. The van der Waals surface area contributed by atoms with Gasteiger partial charge >= 0.3 is 0 Å². The van der Waals surface area contributed by atoms with Crippen molar-refractivity contribution in [2.45, 2.75) is 0 Å². The first-order chi connectivity index (χ1) is 9.38. The minimum absolute atomic E-state index is 0.00150. The van der Waals surface area contributed by atoms with Gasteiger partial charge in [0.1, 0.15) is 10.8 Å². The summed E-state index contributed by atoms with van der Waals surface area (Å²) in [7, 11) is 0. The SMILES string of the molecule is NC(=S)c1ccc(Nc2cc(Cl)c(Cl)cc2Cl)cc1F. The molecule has 0 aromatic heterocycles. The largest absolute Gasteiger partial charge is 0.389 e. The summed E-state index contributed by atoms with van der Waals surface area (Å²) in [5.74, 6) is -0.515. The van der Waals surface area contributed by atoms with Crippen LogP contribution >= 0.6 is 47.0 Å². The molecule has 0 aliphatic rings. The molecule has 2 rings (SSSR count). The molecule has 7 heteroatoms. The molecule has 0 spiro atoms. The van der Waals surface area contributed by atoms with Gasteiger partial charge in [0.05, 0.1) is 20.8 Å². The molecule has 3 N–H and O–H groups in total. The molecule has 2 aromatic carbocycles. The zero-order valence-electron chi connectivity index (χ0n) is 9.88. The Morgan fingerprint density at radius 3 is 2.30 bits per heavy atom. The zero-order valence-corrected chi connectivity index (χ0v) is 13.0. The van der Waals surface area contributed by atoms with E-state index in [2.05, 4.69) is 5.32 Å². The third-order valence-corrected chi connectivity index (χ3v) is 3.78. The van der Waals surface area contributed by atoms with Crippen LogP contribution in [0.4, 0.5) is 15.8 Å². The van der Waals surface area contributed by atoms with E-state index in [1.807, 2.05) is 0 Å². The van der Waals surface area contributed by atoms with Crippen LogP contribution in [0.3, 0.4) is 0 Å². The minimum Gasteiger partial charge on any atom is -0.389 e. The highest BCUT2D eigenvalue weighted by atomic mass is 35.5. The third-order valence-electron chi connectivity index (χ3n) is 2.52. The second-order valence-electron chi connectivity index (χ2n) is 3.93. The molecule has 2 nitrogen and oxygen atoms in total. The van der Waals surface area contributed by atoms with E-state index in [-0.39, 0.29) is 10.6 Å². The lowest BCUT2D eigenvalue weighted by Gasteiger charge is -2.11. The molecule has 20 heavy (non-hydrogen) atoms. The summed E-state index contributed by atoms with van der Waals surface area (Å²) < 4.78 is 13.8. The summed E-state index contributed by atoms with van der Waals surface area (Å²) in [4.78, 5) is 0.00150. The van der Waals surface area contributed by atoms with Crippen molar-refractivity contribution in [3.63, 3.8) is 0 Å². The Bertz CT molecular complexity index is 692. The van der Waals surface area contributed by atoms with E-state index in [0.29, 0.717) is 26.4 Å². The van der Waals surface area contributed by atoms with E-state index in [9.17, 15) is 4.39 Å². The number of anilines is 2. The Morgan fingerprint density at radius 2 is 1.70 bits per heavy atom. The average Bonchev–Trinajstić information content (AvgIpc) is 2.35. The van der Waals surface area contributed by atoms with Gasteiger partial charge in [-0.1, -0.05) is 47.0 Å². The topological polar surface area (TPSA) is 38.0 Å². The van der Waals surface area contributed by atoms with Gasteiger partial charge in [0.15, 0.2) is 0 Å². The third kappa shape index (κ3) is 3.33. The van der Waals surface area contributed by atoms with Gasteiger partial charge in [-0.05, 0) is 30.3 Å². The van der Waals surface area contributed by atoms with Crippen molar-refractivity contribution in [1.82, 2.24) is 0 Å². The first-order valence-electron chi connectivity index (χ1n) is 5.39. The van der Waals surface area contributed by atoms with Crippen molar-refractivity contribution < 1.29 is 4.39 Å². The molecular weight excluding hydrogens is 342 g/mol. The number of nitrogens with two attached hydrogens (primary N) is 1. The first-order valence-corrected chi connectivity index (χ1v) is 6.93. The fraction of sp³-hybridized carbons (Fsp3) is 0. The van der Waals surface area contributed by atoms with E-state index in [1.54, 1.807) is 12.1 Å². The molecule has 0 saturated carbocycles. The molecule has 0 heterocycles. The fourth-order valence-corrected chi connectivity index (χ4v) is 2.33. The van der Waals surface area contributed by atoms with Crippen LogP contribution in [0.2, 0.25) is 15.1 Å². The Morgan fingerprint density at radius 1 is 1.05 bits per heavy atom. The first kappa shape index (κ1) is 15.3. The molecule has 0 unspecified atom stereocenters. The van der Waals surface area contributed by atoms with Crippen LogP contribution in [0, 0.1) is 5.82 Å². The van der Waals surface area contributed by atoms with Crippen LogP contribution in [0.25, 0.3) is 0 Å². The number of hydrogen-bond donors (Lipinski definition) is 2. The van der Waals surface area contributed by atoms with E-state index < -0.39 is 5.82 Å². The van der Waals surface area contributed by atoms with Crippen LogP contribution in [0.5, 0.6) is 0 Å². The Hall–Kier alpha value is -1.07. The second-order valence-corrected chi connectivity index (χ2v) is 5.59. The molecule has 0 saturated heterocycles. The summed E-state index contributed by atoms with van der Waals surface area (Å²) in [5.41, 5.74) is 6.59. The molecule has 0 amide bonds. The number of thiocarbonyl (C=S) groups is 1. The monoisotopic (exact) mass is 348 g/mol. The smallest absolute Gasteiger partial charge is 0.135 e. The molecule has 0 fully saturated rings. The standard InChI is InChI=1S/C13H8Cl3FN2S/c14-8-4-10(16)12(5-9(8)15)19-6-1-2-7(13(18)20)11(17)3-6/h1-5,19H,(H2,18,20). The molecule has 0 atom stereocenters. The molecule has 0 aliphatic carbocycles. The molecule has 0 aliphatic heterocycles. The van der Waals surface area contributed by atoms with Crippen LogP contribution in [0.15, 0.2) is 30.3 Å². The summed E-state index contributed by atoms with van der Waals surface area (Å²) in [6.07, 6.45) is 0. The fourth-order valence-electron chi connectivity index (χ4n) is 1.57. The van der Waals surface area contributed by atoms with Gasteiger partial charge in [0.2, 0.25) is 0 Å². The lowest BCUT2D eigenvalue weighted by molar-refractivity contribution is 0.626. The lowest BCUT2D eigenvalue weighted by atomic mass is 10.2. The maximum atomic E-state index is 13.8. The van der Waals surface area contributed by atoms with E-state index in [1.165, 1.54) is 18.2 Å². The maximum absolute atomic E-state index is 13.8. The Balaban J connectivity index is 2.33. The number of benzene rings is 2. The van der Waals surface area contributed by atoms with Crippen LogP contribution in [-0.2, 0) is 0 Å². The van der Waals surface area contributed by atoms with Crippen LogP contribution in [0.1, 0.15) is 5.56 Å². The maximum Gasteiger partial charge on any atom is 0.135 e. The van der Waals surface area contributed by atoms with Crippen molar-refractivity contribution in [3.8, 4) is 0 Å². The molecular formula is C13H8Cl3FN2S. The normalized spacial score (nSPS) is 10.4. The highest BCUT2D eigenvalue weighted by Crippen LogP contribution is 2.34. The van der Waals surface area contributed by atoms with Crippen molar-refractivity contribution in [3.05, 3.63) is 56.8 Å². The summed E-state index contributed by atoms with van der Waals surface area (Å²) in [5, 5.41) is 4.01. The van der Waals surface area contributed by atoms with E-state index in [0.717, 1.165) is 0 Å². The van der Waals surface area contributed by atoms with Gasteiger partial charge in [-0.25, -0.2) is 4.39 Å². The van der Waals surface area contributed by atoms with E-state index in [4.69, 9.17) is 52.8 Å². The van der Waals surface area contributed by atoms with Crippen molar-refractivity contribution in [2.75, 3.05) is 5.32 Å². The quantitative estimate of drug-likeness (QED) is 0.593. The predicted octanol–water partition coefficient (Wildman–Crippen LogP) is 5.16. The van der Waals surface area contributed by atoms with Gasteiger partial charge in [0.25, 0.3) is 0 Å². The average molecular weight is 350 g/mol. The van der Waals surface area contributed by atoms with Gasteiger partial charge in [0, 0.05) is 11.3 Å². The minimum atomic E-state index is -0.515. The van der Waals surface area contributed by atoms with Gasteiger partial charge < -0.3 is 11.1 Å². The van der Waals surface area contributed by atoms with Crippen molar-refractivity contribution >= 4 is 63.4 Å². The molecule has 0 radical (unpaired) electrons. The lowest BCUT2D eigenvalue weighted by Crippen LogP contribution is -2.11. The van der Waals surface area contributed by atoms with Gasteiger partial charge in [-0.15, -0.1) is 0 Å². The highest BCUT2D eigenvalue weighted by Gasteiger charge is 2.09. The zero-order chi connectivity index (χ0) is 14.9. The highest BCUT2D eigenvalue weighted by molar-refractivity contribution is 7.80. The Kier molecular flexibility index (Phi) is 4.70. The van der Waals surface area contributed by atoms with Crippen LogP contribution < -0.4 is 11.1 Å². The second kappa shape index (κ2) is 6.14. The molecule has 104 valence electrons. The van der Waals surface area contributed by atoms with E-state index >= 15 is 0 Å². The van der Waals surface area contributed by atoms with Gasteiger partial charge in [-0.2, -0.15) is 0 Å².